The Labute approximate surface area is 127 Å². The third-order valence-corrected chi connectivity index (χ3v) is 3.36. The zero-order chi connectivity index (χ0) is 16.2. The lowest BCUT2D eigenvalue weighted by Crippen LogP contribution is -2.41. The van der Waals surface area contributed by atoms with Crippen LogP contribution in [0.25, 0.3) is 10.9 Å². The second-order valence-corrected chi connectivity index (χ2v) is 5.34. The lowest BCUT2D eigenvalue weighted by atomic mass is 9.99. The number of rotatable bonds is 7. The molecule has 120 valence electrons. The molecule has 0 amide bonds. The number of fused-ring (bicyclic) bond motifs is 1. The molecule has 0 aliphatic carbocycles. The molecule has 7 heteroatoms. The van der Waals surface area contributed by atoms with Crippen LogP contribution in [0, 0.1) is 0 Å². The lowest BCUT2D eigenvalue weighted by molar-refractivity contribution is 0.130. The largest absolute Gasteiger partial charge is 0.396 e. The maximum Gasteiger partial charge on any atom is 0.297 e. The number of hydrogen-bond acceptors (Lipinski definition) is 5. The molecule has 2 N–H and O–H groups in total. The second kappa shape index (κ2) is 6.93. The maximum absolute atomic E-state index is 13.0. The van der Waals surface area contributed by atoms with Crippen molar-refractivity contribution in [1.29, 1.82) is 0 Å². The first-order valence-corrected chi connectivity index (χ1v) is 6.92. The van der Waals surface area contributed by atoms with Crippen LogP contribution in [0.2, 0.25) is 0 Å². The lowest BCUT2D eigenvalue weighted by Gasteiger charge is -2.30. The summed E-state index contributed by atoms with van der Waals surface area (Å²) in [6.45, 7) is 2.08. The van der Waals surface area contributed by atoms with Gasteiger partial charge in [0.1, 0.15) is 5.82 Å². The number of aliphatic hydroxyl groups excluding tert-OH is 1. The molecule has 0 spiro atoms. The summed E-state index contributed by atoms with van der Waals surface area (Å²) in [5, 5.41) is 13.0. The van der Waals surface area contributed by atoms with Gasteiger partial charge in [-0.15, -0.1) is 0 Å². The number of benzene rings is 1. The number of nitrogens with zero attached hydrogens (tertiary/aromatic N) is 2. The number of halogens is 2. The second-order valence-electron chi connectivity index (χ2n) is 5.34. The maximum atomic E-state index is 13.0. The zero-order valence-corrected chi connectivity index (χ0v) is 12.5. The number of anilines is 1. The molecule has 0 saturated heterocycles. The van der Waals surface area contributed by atoms with E-state index in [0.717, 1.165) is 0 Å². The number of aliphatic hydroxyl groups is 1. The molecular formula is C15H19F2N3O2. The first-order valence-electron chi connectivity index (χ1n) is 6.92. The molecule has 1 atom stereocenters. The summed E-state index contributed by atoms with van der Waals surface area (Å²) in [7, 11) is 1.54. The highest BCUT2D eigenvalue weighted by molar-refractivity contribution is 5.89. The summed E-state index contributed by atoms with van der Waals surface area (Å²) in [4.78, 5) is 7.82. The van der Waals surface area contributed by atoms with Crippen molar-refractivity contribution in [2.24, 2.45) is 0 Å². The normalized spacial score (nSPS) is 14.3. The molecule has 0 aliphatic rings. The first-order chi connectivity index (χ1) is 10.5. The Morgan fingerprint density at radius 3 is 2.68 bits per heavy atom. The summed E-state index contributed by atoms with van der Waals surface area (Å²) >= 11 is 0. The average molecular weight is 311 g/mol. The van der Waals surface area contributed by atoms with Gasteiger partial charge in [-0.25, -0.2) is 18.7 Å². The Bertz CT molecular complexity index is 631. The molecule has 0 fully saturated rings. The number of aromatic nitrogens is 2. The van der Waals surface area contributed by atoms with E-state index in [1.165, 1.54) is 0 Å². The van der Waals surface area contributed by atoms with E-state index < -0.39 is 17.8 Å². The fourth-order valence-electron chi connectivity index (χ4n) is 2.31. The molecule has 1 aromatic heterocycles. The van der Waals surface area contributed by atoms with Crippen LogP contribution in [-0.2, 0) is 4.74 Å². The molecule has 0 saturated carbocycles. The molecule has 1 heterocycles. The van der Waals surface area contributed by atoms with Crippen molar-refractivity contribution in [3.63, 3.8) is 0 Å². The van der Waals surface area contributed by atoms with Gasteiger partial charge < -0.3 is 15.2 Å². The third-order valence-electron chi connectivity index (χ3n) is 3.36. The van der Waals surface area contributed by atoms with Crippen LogP contribution in [-0.4, -0.2) is 40.9 Å². The molecule has 0 bridgehead atoms. The molecule has 1 aromatic carbocycles. The van der Waals surface area contributed by atoms with E-state index in [1.54, 1.807) is 31.4 Å². The van der Waals surface area contributed by atoms with Crippen molar-refractivity contribution < 1.29 is 18.6 Å². The van der Waals surface area contributed by atoms with Crippen molar-refractivity contribution in [3.8, 4) is 0 Å². The quantitative estimate of drug-likeness (QED) is 0.823. The highest BCUT2D eigenvalue weighted by Gasteiger charge is 2.26. The monoisotopic (exact) mass is 311 g/mol. The van der Waals surface area contributed by atoms with Crippen molar-refractivity contribution in [3.05, 3.63) is 30.1 Å². The first kappa shape index (κ1) is 16.5. The van der Waals surface area contributed by atoms with Crippen LogP contribution in [0.5, 0.6) is 0 Å². The van der Waals surface area contributed by atoms with Gasteiger partial charge in [0, 0.05) is 19.1 Å². The van der Waals surface area contributed by atoms with Crippen LogP contribution >= 0.6 is 0 Å². The minimum absolute atomic E-state index is 0.0580. The standard InChI is InChI=1S/C15H19F2N3O2/c1-15(7-8-21,9-22-2)20-13-10-5-3-4-6-11(10)18-14(19-13)12(16)17/h3-6,12,21H,7-9H2,1-2H3,(H,18,19,20)/t15-/m0/s1. The SMILES string of the molecule is COC[C@](C)(CCO)Nc1nc(C(F)F)nc2ccccc12. The van der Waals surface area contributed by atoms with Gasteiger partial charge >= 0.3 is 0 Å². The van der Waals surface area contributed by atoms with Crippen LogP contribution in [0.4, 0.5) is 14.6 Å². The zero-order valence-electron chi connectivity index (χ0n) is 12.5. The van der Waals surface area contributed by atoms with Gasteiger partial charge in [-0.05, 0) is 25.5 Å². The minimum atomic E-state index is -2.75. The molecule has 2 rings (SSSR count). The average Bonchev–Trinajstić information content (AvgIpc) is 2.47. The Balaban J connectivity index is 2.48. The van der Waals surface area contributed by atoms with Crippen LogP contribution < -0.4 is 5.32 Å². The van der Waals surface area contributed by atoms with Gasteiger partial charge in [0.25, 0.3) is 6.43 Å². The Morgan fingerprint density at radius 1 is 1.32 bits per heavy atom. The molecule has 22 heavy (non-hydrogen) atoms. The summed E-state index contributed by atoms with van der Waals surface area (Å²) in [6.07, 6.45) is -2.36. The van der Waals surface area contributed by atoms with Gasteiger partial charge in [-0.1, -0.05) is 12.1 Å². The number of hydrogen-bond donors (Lipinski definition) is 2. The summed E-state index contributed by atoms with van der Waals surface area (Å²) < 4.78 is 31.1. The third kappa shape index (κ3) is 3.66. The Kier molecular flexibility index (Phi) is 5.20. The van der Waals surface area contributed by atoms with Gasteiger partial charge in [-0.3, -0.25) is 0 Å². The van der Waals surface area contributed by atoms with Gasteiger partial charge in [0.15, 0.2) is 5.82 Å². The van der Waals surface area contributed by atoms with Crippen LogP contribution in [0.3, 0.4) is 0 Å². The molecule has 0 aliphatic heterocycles. The number of ether oxygens (including phenoxy) is 1. The summed E-state index contributed by atoms with van der Waals surface area (Å²) in [6, 6.07) is 6.95. The van der Waals surface area contributed by atoms with E-state index in [9.17, 15) is 13.9 Å². The van der Waals surface area contributed by atoms with Crippen molar-refractivity contribution in [1.82, 2.24) is 9.97 Å². The number of para-hydroxylation sites is 1. The minimum Gasteiger partial charge on any atom is -0.396 e. The van der Waals surface area contributed by atoms with Crippen LogP contribution in [0.15, 0.2) is 24.3 Å². The molecule has 2 aromatic rings. The van der Waals surface area contributed by atoms with E-state index in [4.69, 9.17) is 4.74 Å². The Morgan fingerprint density at radius 2 is 2.05 bits per heavy atom. The van der Waals surface area contributed by atoms with E-state index in [0.29, 0.717) is 29.7 Å². The van der Waals surface area contributed by atoms with Gasteiger partial charge in [-0.2, -0.15) is 0 Å². The van der Waals surface area contributed by atoms with E-state index in [2.05, 4.69) is 15.3 Å². The highest BCUT2D eigenvalue weighted by Crippen LogP contribution is 2.27. The van der Waals surface area contributed by atoms with E-state index >= 15 is 0 Å². The van der Waals surface area contributed by atoms with Crippen molar-refractivity contribution in [2.45, 2.75) is 25.3 Å². The number of nitrogens with one attached hydrogen (secondary N) is 1. The molecule has 0 radical (unpaired) electrons. The van der Waals surface area contributed by atoms with Gasteiger partial charge in [0.05, 0.1) is 17.7 Å². The molecule has 0 unspecified atom stereocenters. The molecule has 5 nitrogen and oxygen atoms in total. The van der Waals surface area contributed by atoms with Gasteiger partial charge in [0.2, 0.25) is 0 Å². The van der Waals surface area contributed by atoms with Crippen molar-refractivity contribution in [2.75, 3.05) is 25.6 Å². The topological polar surface area (TPSA) is 67.3 Å². The fraction of sp³-hybridized carbons (Fsp3) is 0.467. The predicted molar refractivity (Wildman–Crippen MR) is 80.1 cm³/mol. The van der Waals surface area contributed by atoms with E-state index in [1.807, 2.05) is 6.92 Å². The summed E-state index contributed by atoms with van der Waals surface area (Å²) in [5.41, 5.74) is -0.181. The summed E-state index contributed by atoms with van der Waals surface area (Å²) in [5.74, 6) is -0.209. The predicted octanol–water partition coefficient (Wildman–Crippen LogP) is 2.77. The smallest absolute Gasteiger partial charge is 0.297 e. The van der Waals surface area contributed by atoms with Crippen LogP contribution in [0.1, 0.15) is 25.6 Å². The molecular weight excluding hydrogens is 292 g/mol. The van der Waals surface area contributed by atoms with Crippen molar-refractivity contribution >= 4 is 16.7 Å². The van der Waals surface area contributed by atoms with E-state index in [-0.39, 0.29) is 6.61 Å². The fourth-order valence-corrected chi connectivity index (χ4v) is 2.31. The number of methoxy groups -OCH3 is 1. The number of alkyl halides is 2. The Hall–Kier alpha value is -1.86. The highest BCUT2D eigenvalue weighted by atomic mass is 19.3.